The summed E-state index contributed by atoms with van der Waals surface area (Å²) in [4.78, 5) is 23.9. The minimum Gasteiger partial charge on any atom is -0.376 e. The molecular formula is C21H24N4O2. The van der Waals surface area contributed by atoms with Crippen molar-refractivity contribution in [1.82, 2.24) is 14.9 Å². The monoisotopic (exact) mass is 364 g/mol. The number of amides is 1. The lowest BCUT2D eigenvalue weighted by molar-refractivity contribution is -0.131. The first-order valence-corrected chi connectivity index (χ1v) is 9.74. The molecular weight excluding hydrogens is 340 g/mol. The van der Waals surface area contributed by atoms with Crippen molar-refractivity contribution in [2.75, 3.05) is 25.0 Å². The van der Waals surface area contributed by atoms with Crippen LogP contribution in [-0.4, -0.2) is 40.5 Å². The third-order valence-corrected chi connectivity index (χ3v) is 5.89. The summed E-state index contributed by atoms with van der Waals surface area (Å²) in [6.07, 6.45) is 4.88. The zero-order valence-corrected chi connectivity index (χ0v) is 15.4. The van der Waals surface area contributed by atoms with Crippen molar-refractivity contribution in [2.24, 2.45) is 5.92 Å². The molecule has 1 saturated carbocycles. The van der Waals surface area contributed by atoms with Crippen LogP contribution in [0.1, 0.15) is 36.1 Å². The normalized spacial score (nSPS) is 24.1. The second kappa shape index (κ2) is 6.60. The summed E-state index contributed by atoms with van der Waals surface area (Å²) in [7, 11) is 0. The zero-order valence-electron chi connectivity index (χ0n) is 15.4. The van der Waals surface area contributed by atoms with Crippen LogP contribution < -0.4 is 5.32 Å². The average molecular weight is 364 g/mol. The molecule has 2 aromatic rings. The number of rotatable bonds is 4. The Labute approximate surface area is 159 Å². The molecule has 2 fully saturated rings. The summed E-state index contributed by atoms with van der Waals surface area (Å²) in [5, 5.41) is 3.34. The maximum Gasteiger partial charge on any atom is 0.225 e. The van der Waals surface area contributed by atoms with Crippen molar-refractivity contribution < 1.29 is 9.53 Å². The third-order valence-electron chi connectivity index (χ3n) is 5.89. The smallest absolute Gasteiger partial charge is 0.225 e. The Morgan fingerprint density at radius 1 is 1.30 bits per heavy atom. The van der Waals surface area contributed by atoms with Gasteiger partial charge in [-0.1, -0.05) is 30.3 Å². The van der Waals surface area contributed by atoms with E-state index in [0.29, 0.717) is 38.2 Å². The summed E-state index contributed by atoms with van der Waals surface area (Å²) in [6, 6.07) is 10.2. The van der Waals surface area contributed by atoms with Crippen LogP contribution in [0.3, 0.4) is 0 Å². The van der Waals surface area contributed by atoms with Crippen LogP contribution in [0.15, 0.2) is 36.5 Å². The highest BCUT2D eigenvalue weighted by atomic mass is 16.5. The molecule has 1 amide bonds. The second-order valence-corrected chi connectivity index (χ2v) is 7.96. The van der Waals surface area contributed by atoms with E-state index in [1.807, 2.05) is 29.3 Å². The van der Waals surface area contributed by atoms with Gasteiger partial charge in [-0.25, -0.2) is 9.97 Å². The summed E-state index contributed by atoms with van der Waals surface area (Å²) >= 11 is 0. The number of nitrogens with zero attached hydrogens (tertiary/aromatic N) is 3. The van der Waals surface area contributed by atoms with Crippen LogP contribution in [0.4, 0.5) is 5.95 Å². The number of hydrogen-bond acceptors (Lipinski definition) is 5. The number of anilines is 1. The van der Waals surface area contributed by atoms with Gasteiger partial charge in [0.25, 0.3) is 0 Å². The Kier molecular flexibility index (Phi) is 4.08. The van der Waals surface area contributed by atoms with Gasteiger partial charge in [-0.2, -0.15) is 0 Å². The summed E-state index contributed by atoms with van der Waals surface area (Å²) < 4.78 is 5.87. The molecule has 6 heteroatoms. The summed E-state index contributed by atoms with van der Waals surface area (Å²) in [5.74, 6) is 1.22. The Hall–Kier alpha value is -2.47. The van der Waals surface area contributed by atoms with E-state index >= 15 is 0 Å². The lowest BCUT2D eigenvalue weighted by Crippen LogP contribution is -2.42. The van der Waals surface area contributed by atoms with E-state index in [2.05, 4.69) is 22.4 Å². The average Bonchev–Trinajstić information content (AvgIpc) is 3.48. The third kappa shape index (κ3) is 3.18. The fraction of sp³-hybridized carbons (Fsp3) is 0.476. The van der Waals surface area contributed by atoms with Crippen LogP contribution in [0.5, 0.6) is 0 Å². The van der Waals surface area contributed by atoms with E-state index in [4.69, 9.17) is 9.72 Å². The molecule has 27 heavy (non-hydrogen) atoms. The first-order chi connectivity index (χ1) is 13.2. The van der Waals surface area contributed by atoms with Gasteiger partial charge >= 0.3 is 0 Å². The molecule has 1 spiro atoms. The molecule has 1 saturated heterocycles. The molecule has 140 valence electrons. The maximum atomic E-state index is 12.5. The molecule has 6 nitrogen and oxygen atoms in total. The van der Waals surface area contributed by atoms with Crippen molar-refractivity contribution in [3.63, 3.8) is 0 Å². The minimum absolute atomic E-state index is 0.190. The van der Waals surface area contributed by atoms with Crippen molar-refractivity contribution in [3.05, 3.63) is 53.3 Å². The molecule has 0 radical (unpaired) electrons. The van der Waals surface area contributed by atoms with E-state index in [9.17, 15) is 4.79 Å². The second-order valence-electron chi connectivity index (χ2n) is 7.96. The van der Waals surface area contributed by atoms with E-state index < -0.39 is 0 Å². The molecule has 5 rings (SSSR count). The molecule has 2 aliphatic heterocycles. The predicted molar refractivity (Wildman–Crippen MR) is 101 cm³/mol. The minimum atomic E-state index is -0.190. The fourth-order valence-electron chi connectivity index (χ4n) is 4.22. The lowest BCUT2D eigenvalue weighted by Gasteiger charge is -2.34. The Bertz CT molecular complexity index is 853. The Morgan fingerprint density at radius 3 is 2.96 bits per heavy atom. The summed E-state index contributed by atoms with van der Waals surface area (Å²) in [6.45, 7) is 3.38. The van der Waals surface area contributed by atoms with Gasteiger partial charge in [-0.3, -0.25) is 4.79 Å². The Morgan fingerprint density at radius 2 is 2.15 bits per heavy atom. The van der Waals surface area contributed by atoms with Crippen molar-refractivity contribution in [3.8, 4) is 0 Å². The van der Waals surface area contributed by atoms with Gasteiger partial charge in [0.15, 0.2) is 0 Å². The van der Waals surface area contributed by atoms with Gasteiger partial charge in [-0.15, -0.1) is 0 Å². The van der Waals surface area contributed by atoms with Crippen LogP contribution >= 0.6 is 0 Å². The highest BCUT2D eigenvalue weighted by Crippen LogP contribution is 2.41. The van der Waals surface area contributed by atoms with Gasteiger partial charge in [0.1, 0.15) is 0 Å². The van der Waals surface area contributed by atoms with Crippen molar-refractivity contribution in [1.29, 1.82) is 0 Å². The number of fused-ring (bicyclic) bond motifs is 2. The number of carbonyl (C=O) groups excluding carboxylic acids is 1. The van der Waals surface area contributed by atoms with Crippen molar-refractivity contribution >= 4 is 11.9 Å². The fourth-order valence-corrected chi connectivity index (χ4v) is 4.22. The quantitative estimate of drug-likeness (QED) is 0.903. The van der Waals surface area contributed by atoms with Crippen LogP contribution in [0.2, 0.25) is 0 Å². The van der Waals surface area contributed by atoms with Gasteiger partial charge in [0, 0.05) is 37.3 Å². The Balaban J connectivity index is 1.37. The molecule has 0 unspecified atom stereocenters. The van der Waals surface area contributed by atoms with E-state index in [0.717, 1.165) is 37.1 Å². The number of ether oxygens (including phenoxy) is 1. The molecule has 1 N–H and O–H groups in total. The first kappa shape index (κ1) is 16.7. The van der Waals surface area contributed by atoms with E-state index in [1.54, 1.807) is 0 Å². The van der Waals surface area contributed by atoms with Gasteiger partial charge < -0.3 is 15.0 Å². The number of likely N-dealkylation sites (tertiary alicyclic amines) is 1. The molecule has 1 atom stereocenters. The molecule has 3 aliphatic rings. The predicted octanol–water partition coefficient (Wildman–Crippen LogP) is 2.50. The standard InChI is InChI=1S/C21H24N4O2/c26-19(16-6-7-16)25-9-8-21(13-25)14-27-12-17-11-23-20(24-18(17)21)22-10-15-4-2-1-3-5-15/h1-5,11,16H,6-10,12-14H2,(H,22,23,24)/t21-/m1/s1. The van der Waals surface area contributed by atoms with Gasteiger partial charge in [0.2, 0.25) is 11.9 Å². The lowest BCUT2D eigenvalue weighted by atomic mass is 9.80. The van der Waals surface area contributed by atoms with E-state index in [1.165, 1.54) is 5.56 Å². The SMILES string of the molecule is O=C(C1CC1)N1CC[C@]2(COCc3cnc(NCc4ccccc4)nc32)C1. The molecule has 0 bridgehead atoms. The van der Waals surface area contributed by atoms with Crippen LogP contribution in [-0.2, 0) is 28.1 Å². The van der Waals surface area contributed by atoms with Crippen LogP contribution in [0.25, 0.3) is 0 Å². The topological polar surface area (TPSA) is 67.4 Å². The molecule has 1 aromatic carbocycles. The zero-order chi connectivity index (χ0) is 18.3. The molecule has 3 heterocycles. The number of hydrogen-bond donors (Lipinski definition) is 1. The highest BCUT2D eigenvalue weighted by Gasteiger charge is 2.48. The van der Waals surface area contributed by atoms with E-state index in [-0.39, 0.29) is 11.3 Å². The van der Waals surface area contributed by atoms with Gasteiger partial charge in [0.05, 0.1) is 24.3 Å². The number of benzene rings is 1. The number of aromatic nitrogens is 2. The summed E-state index contributed by atoms with van der Waals surface area (Å²) in [5.41, 5.74) is 3.11. The molecule has 1 aliphatic carbocycles. The molecule has 1 aromatic heterocycles. The van der Waals surface area contributed by atoms with Crippen LogP contribution in [0, 0.1) is 5.92 Å². The maximum absolute atomic E-state index is 12.5. The van der Waals surface area contributed by atoms with Gasteiger partial charge in [-0.05, 0) is 24.8 Å². The van der Waals surface area contributed by atoms with Crippen molar-refractivity contribution in [2.45, 2.75) is 37.8 Å². The highest BCUT2D eigenvalue weighted by molar-refractivity contribution is 5.81. The number of carbonyl (C=O) groups is 1. The largest absolute Gasteiger partial charge is 0.376 e. The number of nitrogens with one attached hydrogen (secondary N) is 1. The first-order valence-electron chi connectivity index (χ1n) is 9.74.